The summed E-state index contributed by atoms with van der Waals surface area (Å²) < 4.78 is 10.4. The predicted molar refractivity (Wildman–Crippen MR) is 101 cm³/mol. The van der Waals surface area contributed by atoms with Gasteiger partial charge >= 0.3 is 0 Å². The molecule has 0 aromatic heterocycles. The van der Waals surface area contributed by atoms with Gasteiger partial charge < -0.3 is 19.7 Å². The molecule has 0 spiro atoms. The number of nitrogens with one attached hydrogen (secondary N) is 1. The molecule has 2 rings (SSSR count). The standard InChI is InChI=1S/C19H21ClN2O4/c1-22(12-18(23)21-15-5-4-6-16(11-15)25-2)19(24)10-13-9-14(20)7-8-17(13)26-3/h4-9,11H,10,12H2,1-3H3,(H,21,23). The lowest BCUT2D eigenvalue weighted by atomic mass is 10.1. The maximum atomic E-state index is 12.4. The number of ether oxygens (including phenoxy) is 2. The van der Waals surface area contributed by atoms with Crippen LogP contribution in [-0.2, 0) is 16.0 Å². The molecule has 0 unspecified atom stereocenters. The summed E-state index contributed by atoms with van der Waals surface area (Å²) in [5.41, 5.74) is 1.27. The van der Waals surface area contributed by atoms with Crippen LogP contribution < -0.4 is 14.8 Å². The van der Waals surface area contributed by atoms with Crippen LogP contribution in [0.1, 0.15) is 5.56 Å². The number of rotatable bonds is 7. The molecule has 0 heterocycles. The van der Waals surface area contributed by atoms with Crippen LogP contribution in [0.2, 0.25) is 5.02 Å². The van der Waals surface area contributed by atoms with Crippen molar-refractivity contribution in [2.45, 2.75) is 6.42 Å². The maximum absolute atomic E-state index is 12.4. The summed E-state index contributed by atoms with van der Waals surface area (Å²) in [6.45, 7) is -0.0705. The van der Waals surface area contributed by atoms with Gasteiger partial charge in [0.2, 0.25) is 11.8 Å². The average molecular weight is 377 g/mol. The molecule has 2 aromatic carbocycles. The molecule has 0 atom stereocenters. The first-order chi connectivity index (χ1) is 12.4. The summed E-state index contributed by atoms with van der Waals surface area (Å²) in [6.07, 6.45) is 0.0900. The summed E-state index contributed by atoms with van der Waals surface area (Å²) in [4.78, 5) is 25.9. The molecule has 0 fully saturated rings. The van der Waals surface area contributed by atoms with Gasteiger partial charge in [0.1, 0.15) is 11.5 Å². The fraction of sp³-hybridized carbons (Fsp3) is 0.263. The van der Waals surface area contributed by atoms with Crippen molar-refractivity contribution in [2.75, 3.05) is 33.1 Å². The van der Waals surface area contributed by atoms with Crippen molar-refractivity contribution < 1.29 is 19.1 Å². The van der Waals surface area contributed by atoms with Crippen molar-refractivity contribution in [1.82, 2.24) is 4.90 Å². The van der Waals surface area contributed by atoms with Crippen LogP contribution in [0.3, 0.4) is 0 Å². The van der Waals surface area contributed by atoms with Gasteiger partial charge in [-0.2, -0.15) is 0 Å². The van der Waals surface area contributed by atoms with Crippen molar-refractivity contribution in [3.05, 3.63) is 53.1 Å². The molecule has 26 heavy (non-hydrogen) atoms. The predicted octanol–water partition coefficient (Wildman–Crippen LogP) is 3.00. The van der Waals surface area contributed by atoms with Crippen LogP contribution in [0, 0.1) is 0 Å². The van der Waals surface area contributed by atoms with Gasteiger partial charge in [-0.3, -0.25) is 9.59 Å². The minimum Gasteiger partial charge on any atom is -0.497 e. The van der Waals surface area contributed by atoms with E-state index in [-0.39, 0.29) is 24.8 Å². The van der Waals surface area contributed by atoms with Gasteiger partial charge in [0.05, 0.1) is 27.2 Å². The molecule has 0 bridgehead atoms. The van der Waals surface area contributed by atoms with Crippen LogP contribution in [0.15, 0.2) is 42.5 Å². The van der Waals surface area contributed by atoms with Crippen molar-refractivity contribution in [3.8, 4) is 11.5 Å². The van der Waals surface area contributed by atoms with Gasteiger partial charge in [-0.05, 0) is 30.3 Å². The number of anilines is 1. The van der Waals surface area contributed by atoms with E-state index in [2.05, 4.69) is 5.32 Å². The number of halogens is 1. The lowest BCUT2D eigenvalue weighted by Gasteiger charge is -2.18. The third-order valence-electron chi connectivity index (χ3n) is 3.74. The van der Waals surface area contributed by atoms with Crippen LogP contribution in [0.25, 0.3) is 0 Å². The molecule has 138 valence electrons. The molecule has 2 aromatic rings. The SMILES string of the molecule is COc1cccc(NC(=O)CN(C)C(=O)Cc2cc(Cl)ccc2OC)c1. The second-order valence-corrected chi connectivity index (χ2v) is 6.10. The van der Waals surface area contributed by atoms with Crippen molar-refractivity contribution in [1.29, 1.82) is 0 Å². The minimum atomic E-state index is -0.299. The van der Waals surface area contributed by atoms with Crippen molar-refractivity contribution >= 4 is 29.1 Å². The van der Waals surface area contributed by atoms with Crippen LogP contribution in [0.5, 0.6) is 11.5 Å². The van der Waals surface area contributed by atoms with Gasteiger partial charge in [0, 0.05) is 29.4 Å². The molecule has 1 N–H and O–H groups in total. The normalized spacial score (nSPS) is 10.2. The van der Waals surface area contributed by atoms with E-state index < -0.39 is 0 Å². The highest BCUT2D eigenvalue weighted by molar-refractivity contribution is 6.30. The number of likely N-dealkylation sites (N-methyl/N-ethyl adjacent to an activating group) is 1. The summed E-state index contributed by atoms with van der Waals surface area (Å²) in [5, 5.41) is 3.26. The molecule has 7 heteroatoms. The third-order valence-corrected chi connectivity index (χ3v) is 3.98. The number of carbonyl (C=O) groups is 2. The molecule has 0 saturated heterocycles. The topological polar surface area (TPSA) is 67.9 Å². The fourth-order valence-corrected chi connectivity index (χ4v) is 2.58. The number of amides is 2. The van der Waals surface area contributed by atoms with Crippen LogP contribution >= 0.6 is 11.6 Å². The number of carbonyl (C=O) groups excluding carboxylic acids is 2. The fourth-order valence-electron chi connectivity index (χ4n) is 2.39. The van der Waals surface area contributed by atoms with Gasteiger partial charge in [0.25, 0.3) is 0 Å². The molecule has 0 radical (unpaired) electrons. The Morgan fingerprint density at radius 3 is 2.58 bits per heavy atom. The van der Waals surface area contributed by atoms with Crippen molar-refractivity contribution in [3.63, 3.8) is 0 Å². The Hall–Kier alpha value is -2.73. The largest absolute Gasteiger partial charge is 0.497 e. The second kappa shape index (κ2) is 9.10. The highest BCUT2D eigenvalue weighted by Crippen LogP contribution is 2.23. The van der Waals surface area contributed by atoms with E-state index in [0.717, 1.165) is 0 Å². The first-order valence-electron chi connectivity index (χ1n) is 7.93. The van der Waals surface area contributed by atoms with E-state index >= 15 is 0 Å². The van der Waals surface area contributed by atoms with Gasteiger partial charge in [0.15, 0.2) is 0 Å². The Bertz CT molecular complexity index is 795. The Labute approximate surface area is 157 Å². The zero-order valence-corrected chi connectivity index (χ0v) is 15.7. The zero-order valence-electron chi connectivity index (χ0n) is 14.9. The Balaban J connectivity index is 1.96. The van der Waals surface area contributed by atoms with E-state index in [0.29, 0.717) is 27.8 Å². The zero-order chi connectivity index (χ0) is 19.1. The number of nitrogens with zero attached hydrogens (tertiary/aromatic N) is 1. The molecule has 6 nitrogen and oxygen atoms in total. The van der Waals surface area contributed by atoms with E-state index in [1.54, 1.807) is 56.6 Å². The van der Waals surface area contributed by atoms with E-state index in [1.807, 2.05) is 0 Å². The number of benzene rings is 2. The smallest absolute Gasteiger partial charge is 0.243 e. The highest BCUT2D eigenvalue weighted by atomic mass is 35.5. The lowest BCUT2D eigenvalue weighted by Crippen LogP contribution is -2.35. The quantitative estimate of drug-likeness (QED) is 0.806. The molecule has 0 aliphatic rings. The van der Waals surface area contributed by atoms with E-state index in [9.17, 15) is 9.59 Å². The number of hydrogen-bond donors (Lipinski definition) is 1. The average Bonchev–Trinajstić information content (AvgIpc) is 2.61. The van der Waals surface area contributed by atoms with Crippen LogP contribution in [-0.4, -0.2) is 44.5 Å². The summed E-state index contributed by atoms with van der Waals surface area (Å²) in [6, 6.07) is 12.1. The first-order valence-corrected chi connectivity index (χ1v) is 8.31. The molecular weight excluding hydrogens is 356 g/mol. The van der Waals surface area contributed by atoms with Crippen molar-refractivity contribution in [2.24, 2.45) is 0 Å². The number of methoxy groups -OCH3 is 2. The minimum absolute atomic E-state index is 0.0705. The molecule has 0 saturated carbocycles. The van der Waals surface area contributed by atoms with Gasteiger partial charge in [-0.15, -0.1) is 0 Å². The summed E-state index contributed by atoms with van der Waals surface area (Å²) >= 11 is 5.98. The van der Waals surface area contributed by atoms with E-state index in [4.69, 9.17) is 21.1 Å². The molecule has 0 aliphatic carbocycles. The Morgan fingerprint density at radius 2 is 1.88 bits per heavy atom. The van der Waals surface area contributed by atoms with E-state index in [1.165, 1.54) is 12.0 Å². The molecule has 2 amide bonds. The molecular formula is C19H21ClN2O4. The molecule has 0 aliphatic heterocycles. The second-order valence-electron chi connectivity index (χ2n) is 5.66. The third kappa shape index (κ3) is 5.39. The maximum Gasteiger partial charge on any atom is 0.243 e. The van der Waals surface area contributed by atoms with Gasteiger partial charge in [-0.25, -0.2) is 0 Å². The lowest BCUT2D eigenvalue weighted by molar-refractivity contribution is -0.132. The Morgan fingerprint density at radius 1 is 1.12 bits per heavy atom. The first kappa shape index (κ1) is 19.6. The monoisotopic (exact) mass is 376 g/mol. The number of hydrogen-bond acceptors (Lipinski definition) is 4. The Kier molecular flexibility index (Phi) is 6.86. The van der Waals surface area contributed by atoms with Gasteiger partial charge in [-0.1, -0.05) is 17.7 Å². The summed E-state index contributed by atoms with van der Waals surface area (Å²) in [7, 11) is 4.66. The summed E-state index contributed by atoms with van der Waals surface area (Å²) in [5.74, 6) is 0.704. The highest BCUT2D eigenvalue weighted by Gasteiger charge is 2.16. The van der Waals surface area contributed by atoms with Crippen LogP contribution in [0.4, 0.5) is 5.69 Å².